The number of nitrogens with zero attached hydrogens (tertiary/aromatic N) is 2. The number of aromatic nitrogens is 2. The Bertz CT molecular complexity index is 1280. The number of fused-ring (bicyclic) bond motifs is 6. The molecule has 4 nitrogen and oxygen atoms in total. The van der Waals surface area contributed by atoms with Gasteiger partial charge in [-0.2, -0.15) is 0 Å². The maximum atomic E-state index is 10.7. The topological polar surface area (TPSA) is 52.2 Å². The number of nitrogens with one attached hydrogen (secondary N) is 1. The molecule has 0 atom stereocenters. The van der Waals surface area contributed by atoms with Crippen molar-refractivity contribution in [2.45, 2.75) is 13.8 Å². The number of hydrogen-bond acceptors (Lipinski definition) is 3. The van der Waals surface area contributed by atoms with E-state index in [1.807, 2.05) is 30.3 Å². The molecule has 5 rings (SSSR count). The Morgan fingerprint density at radius 2 is 1.45 bits per heavy atom. The van der Waals surface area contributed by atoms with E-state index in [1.165, 1.54) is 10.8 Å². The second-order valence-electron chi connectivity index (χ2n) is 7.27. The standard InChI is InChI=1S/C25H23N3O/c1-3-28(4-2)16-13-14-21(22(29)15-16)25-26-23-19-11-7-5-9-17(19)18-10-6-8-12-20(18)24(23)27-25/h5-15,29H,3-4H2,1-2H3,(H,26,27). The van der Waals surface area contributed by atoms with Gasteiger partial charge in [0.2, 0.25) is 0 Å². The van der Waals surface area contributed by atoms with Crippen molar-refractivity contribution in [3.8, 4) is 17.1 Å². The quantitative estimate of drug-likeness (QED) is 0.371. The lowest BCUT2D eigenvalue weighted by molar-refractivity contribution is 0.477. The van der Waals surface area contributed by atoms with Crippen LogP contribution in [0.2, 0.25) is 0 Å². The third kappa shape index (κ3) is 2.71. The number of aromatic hydroxyl groups is 1. The van der Waals surface area contributed by atoms with Crippen molar-refractivity contribution in [3.63, 3.8) is 0 Å². The van der Waals surface area contributed by atoms with Gasteiger partial charge in [-0.05, 0) is 36.8 Å². The van der Waals surface area contributed by atoms with Crippen molar-refractivity contribution in [3.05, 3.63) is 66.7 Å². The first-order valence-corrected chi connectivity index (χ1v) is 10.1. The molecule has 4 heteroatoms. The fraction of sp³-hybridized carbons (Fsp3) is 0.160. The molecule has 0 radical (unpaired) electrons. The van der Waals surface area contributed by atoms with E-state index in [-0.39, 0.29) is 5.75 Å². The summed E-state index contributed by atoms with van der Waals surface area (Å²) in [6.45, 7) is 6.03. The zero-order valence-electron chi connectivity index (χ0n) is 16.6. The van der Waals surface area contributed by atoms with Crippen LogP contribution in [0.4, 0.5) is 5.69 Å². The molecule has 0 bridgehead atoms. The lowest BCUT2D eigenvalue weighted by Gasteiger charge is -2.21. The van der Waals surface area contributed by atoms with Crippen molar-refractivity contribution in [2.24, 2.45) is 0 Å². The molecule has 0 saturated heterocycles. The summed E-state index contributed by atoms with van der Waals surface area (Å²) < 4.78 is 0. The Kier molecular flexibility index (Phi) is 4.13. The van der Waals surface area contributed by atoms with E-state index in [0.717, 1.165) is 40.6 Å². The highest BCUT2D eigenvalue weighted by Gasteiger charge is 2.16. The van der Waals surface area contributed by atoms with Gasteiger partial charge in [-0.25, -0.2) is 4.98 Å². The molecule has 0 saturated carbocycles. The van der Waals surface area contributed by atoms with E-state index < -0.39 is 0 Å². The summed E-state index contributed by atoms with van der Waals surface area (Å²) in [5.41, 5.74) is 3.66. The number of phenols is 1. The molecule has 0 aliphatic rings. The summed E-state index contributed by atoms with van der Waals surface area (Å²) in [4.78, 5) is 10.6. The fourth-order valence-electron chi connectivity index (χ4n) is 4.26. The van der Waals surface area contributed by atoms with Crippen LogP contribution in [0.15, 0.2) is 66.7 Å². The predicted octanol–water partition coefficient (Wildman–Crippen LogP) is 6.09. The van der Waals surface area contributed by atoms with Gasteiger partial charge in [0.25, 0.3) is 0 Å². The van der Waals surface area contributed by atoms with Crippen LogP contribution in [0.3, 0.4) is 0 Å². The monoisotopic (exact) mass is 381 g/mol. The van der Waals surface area contributed by atoms with E-state index >= 15 is 0 Å². The first kappa shape index (κ1) is 17.6. The number of aromatic amines is 1. The molecular formula is C25H23N3O. The first-order valence-electron chi connectivity index (χ1n) is 10.1. The molecule has 0 spiro atoms. The Hall–Kier alpha value is -3.53. The zero-order valence-corrected chi connectivity index (χ0v) is 16.6. The molecule has 1 heterocycles. The summed E-state index contributed by atoms with van der Waals surface area (Å²) in [6.07, 6.45) is 0. The van der Waals surface area contributed by atoms with Crippen LogP contribution in [0, 0.1) is 0 Å². The molecule has 0 amide bonds. The second-order valence-corrected chi connectivity index (χ2v) is 7.27. The summed E-state index contributed by atoms with van der Waals surface area (Å²) in [5.74, 6) is 0.923. The molecule has 29 heavy (non-hydrogen) atoms. The lowest BCUT2D eigenvalue weighted by Crippen LogP contribution is -2.21. The van der Waals surface area contributed by atoms with E-state index in [9.17, 15) is 5.11 Å². The average molecular weight is 381 g/mol. The fourth-order valence-corrected chi connectivity index (χ4v) is 4.26. The minimum absolute atomic E-state index is 0.238. The number of imidazole rings is 1. The summed E-state index contributed by atoms with van der Waals surface area (Å²) in [5, 5.41) is 15.4. The molecular weight excluding hydrogens is 358 g/mol. The maximum absolute atomic E-state index is 10.7. The number of rotatable bonds is 4. The summed E-state index contributed by atoms with van der Waals surface area (Å²) in [7, 11) is 0. The Labute approximate surface area is 169 Å². The van der Waals surface area contributed by atoms with Gasteiger partial charge in [-0.1, -0.05) is 48.5 Å². The van der Waals surface area contributed by atoms with Crippen LogP contribution in [0.5, 0.6) is 5.75 Å². The van der Waals surface area contributed by atoms with Crippen LogP contribution in [0.25, 0.3) is 44.0 Å². The molecule has 0 aliphatic carbocycles. The summed E-state index contributed by atoms with van der Waals surface area (Å²) in [6, 6.07) is 22.6. The second kappa shape index (κ2) is 6.82. The third-order valence-electron chi connectivity index (χ3n) is 5.74. The van der Waals surface area contributed by atoms with Crippen LogP contribution >= 0.6 is 0 Å². The summed E-state index contributed by atoms with van der Waals surface area (Å²) >= 11 is 0. The Balaban J connectivity index is 1.76. The highest BCUT2D eigenvalue weighted by atomic mass is 16.3. The normalized spacial score (nSPS) is 11.5. The molecule has 4 aromatic carbocycles. The highest BCUT2D eigenvalue weighted by molar-refractivity contribution is 6.23. The molecule has 2 N–H and O–H groups in total. The zero-order chi connectivity index (χ0) is 20.0. The van der Waals surface area contributed by atoms with Gasteiger partial charge >= 0.3 is 0 Å². The minimum Gasteiger partial charge on any atom is -0.507 e. The van der Waals surface area contributed by atoms with Crippen LogP contribution in [0.1, 0.15) is 13.8 Å². The number of H-pyrrole nitrogens is 1. The molecule has 5 aromatic rings. The largest absolute Gasteiger partial charge is 0.507 e. The van der Waals surface area contributed by atoms with Crippen molar-refractivity contribution in [1.29, 1.82) is 0 Å². The lowest BCUT2D eigenvalue weighted by atomic mass is 10.0. The minimum atomic E-state index is 0.238. The van der Waals surface area contributed by atoms with Crippen molar-refractivity contribution in [2.75, 3.05) is 18.0 Å². The highest BCUT2D eigenvalue weighted by Crippen LogP contribution is 2.37. The molecule has 0 fully saturated rings. The van der Waals surface area contributed by atoms with Gasteiger partial charge in [-0.15, -0.1) is 0 Å². The molecule has 0 aliphatic heterocycles. The average Bonchev–Trinajstić information content (AvgIpc) is 3.20. The van der Waals surface area contributed by atoms with Gasteiger partial charge in [0, 0.05) is 35.6 Å². The first-order chi connectivity index (χ1) is 14.2. The third-order valence-corrected chi connectivity index (χ3v) is 5.74. The van der Waals surface area contributed by atoms with Gasteiger partial charge in [0.1, 0.15) is 11.6 Å². The predicted molar refractivity (Wildman–Crippen MR) is 122 cm³/mol. The SMILES string of the molecule is CCN(CC)c1ccc(-c2nc3c4ccccc4c4ccccc4c3[nH]2)c(O)c1. The van der Waals surface area contributed by atoms with E-state index in [2.05, 4.69) is 60.1 Å². The molecule has 1 aromatic heterocycles. The van der Waals surface area contributed by atoms with Crippen molar-refractivity contribution < 1.29 is 5.11 Å². The van der Waals surface area contributed by atoms with E-state index in [4.69, 9.17) is 4.98 Å². The van der Waals surface area contributed by atoms with Crippen molar-refractivity contribution in [1.82, 2.24) is 9.97 Å². The van der Waals surface area contributed by atoms with Gasteiger partial charge < -0.3 is 15.0 Å². The van der Waals surface area contributed by atoms with Crippen LogP contribution in [-0.4, -0.2) is 28.2 Å². The number of phenolic OH excluding ortho intramolecular Hbond substituents is 1. The van der Waals surface area contributed by atoms with E-state index in [1.54, 1.807) is 0 Å². The molecule has 144 valence electrons. The van der Waals surface area contributed by atoms with Gasteiger partial charge in [0.15, 0.2) is 0 Å². The molecule has 0 unspecified atom stereocenters. The number of hydrogen-bond donors (Lipinski definition) is 2. The maximum Gasteiger partial charge on any atom is 0.142 e. The smallest absolute Gasteiger partial charge is 0.142 e. The Morgan fingerprint density at radius 1 is 0.828 bits per heavy atom. The van der Waals surface area contributed by atoms with Gasteiger partial charge in [0.05, 0.1) is 16.6 Å². The number of benzene rings is 4. The number of anilines is 1. The van der Waals surface area contributed by atoms with E-state index in [0.29, 0.717) is 11.4 Å². The van der Waals surface area contributed by atoms with Crippen LogP contribution < -0.4 is 4.90 Å². The van der Waals surface area contributed by atoms with Crippen molar-refractivity contribution >= 4 is 38.3 Å². The van der Waals surface area contributed by atoms with Gasteiger partial charge in [-0.3, -0.25) is 0 Å². The van der Waals surface area contributed by atoms with Crippen LogP contribution in [-0.2, 0) is 0 Å². The Morgan fingerprint density at radius 3 is 2.10 bits per heavy atom.